The van der Waals surface area contributed by atoms with Crippen LogP contribution < -0.4 is 10.1 Å². The molecule has 0 aromatic heterocycles. The van der Waals surface area contributed by atoms with E-state index in [0.717, 1.165) is 23.3 Å². The second-order valence-electron chi connectivity index (χ2n) is 5.96. The van der Waals surface area contributed by atoms with E-state index in [0.29, 0.717) is 12.0 Å². The van der Waals surface area contributed by atoms with Gasteiger partial charge in [-0.3, -0.25) is 4.79 Å². The lowest BCUT2D eigenvalue weighted by Gasteiger charge is -2.29. The zero-order chi connectivity index (χ0) is 15.2. The second-order valence-corrected chi connectivity index (χ2v) is 5.96. The number of nitrogens with one attached hydrogen (secondary N) is 1. The van der Waals surface area contributed by atoms with Crippen molar-refractivity contribution < 1.29 is 9.53 Å². The van der Waals surface area contributed by atoms with Crippen molar-refractivity contribution in [1.29, 1.82) is 0 Å². The lowest BCUT2D eigenvalue weighted by Crippen LogP contribution is -2.40. The van der Waals surface area contributed by atoms with Crippen molar-refractivity contribution in [2.75, 3.05) is 7.11 Å². The molecule has 0 radical (unpaired) electrons. The van der Waals surface area contributed by atoms with Gasteiger partial charge in [0.1, 0.15) is 5.75 Å². The second kappa shape index (κ2) is 7.30. The van der Waals surface area contributed by atoms with Crippen molar-refractivity contribution >= 4 is 12.0 Å². The molecule has 3 nitrogen and oxygen atoms in total. The zero-order valence-electron chi connectivity index (χ0n) is 13.2. The fourth-order valence-corrected chi connectivity index (χ4v) is 2.91. The van der Waals surface area contributed by atoms with E-state index in [1.54, 1.807) is 13.2 Å². The minimum Gasteiger partial charge on any atom is -0.496 e. The van der Waals surface area contributed by atoms with Gasteiger partial charge in [-0.15, -0.1) is 0 Å². The molecule has 3 heteroatoms. The van der Waals surface area contributed by atoms with Gasteiger partial charge in [-0.25, -0.2) is 0 Å². The molecular formula is C18H25NO2. The molecule has 0 aliphatic heterocycles. The molecule has 1 aliphatic rings. The van der Waals surface area contributed by atoms with Crippen LogP contribution in [-0.2, 0) is 4.79 Å². The third-order valence-electron chi connectivity index (χ3n) is 4.24. The van der Waals surface area contributed by atoms with Crippen LogP contribution in [0.3, 0.4) is 0 Å². The average molecular weight is 287 g/mol. The van der Waals surface area contributed by atoms with Crippen LogP contribution in [0.1, 0.15) is 43.7 Å². The maximum atomic E-state index is 12.1. The summed E-state index contributed by atoms with van der Waals surface area (Å²) in [6.45, 7) is 4.25. The highest BCUT2D eigenvalue weighted by Gasteiger charge is 2.21. The summed E-state index contributed by atoms with van der Waals surface area (Å²) in [5, 5.41) is 3.12. The van der Waals surface area contributed by atoms with E-state index >= 15 is 0 Å². The molecule has 114 valence electrons. The summed E-state index contributed by atoms with van der Waals surface area (Å²) in [5.41, 5.74) is 2.08. The number of hydrogen-bond donors (Lipinski definition) is 1. The molecule has 1 amide bonds. The summed E-state index contributed by atoms with van der Waals surface area (Å²) in [6.07, 6.45) is 8.23. The minimum absolute atomic E-state index is 0.0164. The van der Waals surface area contributed by atoms with E-state index in [4.69, 9.17) is 4.74 Å². The van der Waals surface area contributed by atoms with Gasteiger partial charge >= 0.3 is 0 Å². The molecule has 0 saturated heterocycles. The third kappa shape index (κ3) is 4.35. The topological polar surface area (TPSA) is 38.3 Å². The Balaban J connectivity index is 2.00. The van der Waals surface area contributed by atoms with E-state index in [1.165, 1.54) is 19.3 Å². The van der Waals surface area contributed by atoms with Gasteiger partial charge in [0.2, 0.25) is 5.91 Å². The van der Waals surface area contributed by atoms with Gasteiger partial charge in [0.25, 0.3) is 0 Å². The Morgan fingerprint density at radius 2 is 2.10 bits per heavy atom. The highest BCUT2D eigenvalue weighted by molar-refractivity contribution is 5.92. The fourth-order valence-electron chi connectivity index (χ4n) is 2.91. The predicted octanol–water partition coefficient (Wildman–Crippen LogP) is 3.71. The first kappa shape index (κ1) is 15.6. The first-order valence-corrected chi connectivity index (χ1v) is 7.73. The summed E-state index contributed by atoms with van der Waals surface area (Å²) in [4.78, 5) is 12.1. The highest BCUT2D eigenvalue weighted by atomic mass is 16.5. The van der Waals surface area contributed by atoms with E-state index in [9.17, 15) is 4.79 Å². The maximum Gasteiger partial charge on any atom is 0.244 e. The third-order valence-corrected chi connectivity index (χ3v) is 4.24. The number of benzene rings is 1. The zero-order valence-corrected chi connectivity index (χ0v) is 13.2. The fraction of sp³-hybridized carbons (Fsp3) is 0.500. The Morgan fingerprint density at radius 3 is 2.81 bits per heavy atom. The van der Waals surface area contributed by atoms with Crippen molar-refractivity contribution in [3.05, 3.63) is 35.4 Å². The highest BCUT2D eigenvalue weighted by Crippen LogP contribution is 2.24. The van der Waals surface area contributed by atoms with Crippen LogP contribution in [0.4, 0.5) is 0 Å². The Morgan fingerprint density at radius 1 is 1.33 bits per heavy atom. The summed E-state index contributed by atoms with van der Waals surface area (Å²) in [7, 11) is 1.64. The van der Waals surface area contributed by atoms with Gasteiger partial charge in [-0.2, -0.15) is 0 Å². The molecule has 1 fully saturated rings. The number of carbonyl (C=O) groups excluding carboxylic acids is 1. The summed E-state index contributed by atoms with van der Waals surface area (Å²) >= 11 is 0. The van der Waals surface area contributed by atoms with Gasteiger partial charge in [-0.05, 0) is 43.9 Å². The van der Waals surface area contributed by atoms with Gasteiger partial charge in [0.05, 0.1) is 7.11 Å². The molecular weight excluding hydrogens is 262 g/mol. The van der Waals surface area contributed by atoms with Gasteiger partial charge in [0.15, 0.2) is 0 Å². The summed E-state index contributed by atoms with van der Waals surface area (Å²) < 4.78 is 5.32. The molecule has 21 heavy (non-hydrogen) atoms. The first-order valence-electron chi connectivity index (χ1n) is 7.73. The summed E-state index contributed by atoms with van der Waals surface area (Å²) in [5.74, 6) is 1.34. The Kier molecular flexibility index (Phi) is 5.43. The smallest absolute Gasteiger partial charge is 0.244 e. The molecule has 1 saturated carbocycles. The average Bonchev–Trinajstić information content (AvgIpc) is 2.48. The number of ether oxygens (including phenoxy) is 1. The van der Waals surface area contributed by atoms with Crippen molar-refractivity contribution in [1.82, 2.24) is 5.32 Å². The van der Waals surface area contributed by atoms with E-state index in [2.05, 4.69) is 12.2 Å². The quantitative estimate of drug-likeness (QED) is 0.857. The van der Waals surface area contributed by atoms with E-state index in [-0.39, 0.29) is 5.91 Å². The number of rotatable bonds is 4. The monoisotopic (exact) mass is 287 g/mol. The van der Waals surface area contributed by atoms with Gasteiger partial charge < -0.3 is 10.1 Å². The van der Waals surface area contributed by atoms with Crippen LogP contribution >= 0.6 is 0 Å². The largest absolute Gasteiger partial charge is 0.496 e. The molecule has 0 heterocycles. The lowest BCUT2D eigenvalue weighted by molar-refractivity contribution is -0.117. The van der Waals surface area contributed by atoms with Crippen LogP contribution in [0.5, 0.6) is 5.75 Å². The maximum absolute atomic E-state index is 12.1. The number of amides is 1. The van der Waals surface area contributed by atoms with Crippen LogP contribution in [-0.4, -0.2) is 19.1 Å². The molecule has 0 unspecified atom stereocenters. The standard InChI is InChI=1S/C18H25NO2/c1-13-8-10-17(21-3)15(12-13)9-11-18(20)19-16-7-5-4-6-14(16)2/h8-12,14,16H,4-7H2,1-3H3,(H,19,20)/b11-9+/t14-,16+/m1/s1. The molecule has 2 rings (SSSR count). The molecule has 1 N–H and O–H groups in total. The Labute approximate surface area is 127 Å². The van der Waals surface area contributed by atoms with Crippen molar-refractivity contribution in [3.63, 3.8) is 0 Å². The number of carbonyl (C=O) groups is 1. The number of hydrogen-bond acceptors (Lipinski definition) is 2. The summed E-state index contributed by atoms with van der Waals surface area (Å²) in [6, 6.07) is 6.26. The van der Waals surface area contributed by atoms with E-state index < -0.39 is 0 Å². The molecule has 0 spiro atoms. The van der Waals surface area contributed by atoms with Crippen LogP contribution in [0.25, 0.3) is 6.08 Å². The van der Waals surface area contributed by atoms with Crippen LogP contribution in [0.15, 0.2) is 24.3 Å². The van der Waals surface area contributed by atoms with Crippen LogP contribution in [0, 0.1) is 12.8 Å². The molecule has 1 aromatic carbocycles. The van der Waals surface area contributed by atoms with E-state index in [1.807, 2.05) is 31.2 Å². The molecule has 1 aliphatic carbocycles. The Bertz CT molecular complexity index is 522. The minimum atomic E-state index is -0.0164. The molecule has 2 atom stereocenters. The van der Waals surface area contributed by atoms with Crippen molar-refractivity contribution in [3.8, 4) is 5.75 Å². The predicted molar refractivity (Wildman–Crippen MR) is 86.3 cm³/mol. The number of aryl methyl sites for hydroxylation is 1. The normalized spacial score (nSPS) is 22.2. The molecule has 0 bridgehead atoms. The first-order chi connectivity index (χ1) is 10.1. The van der Waals surface area contributed by atoms with Crippen molar-refractivity contribution in [2.45, 2.75) is 45.6 Å². The Hall–Kier alpha value is -1.77. The number of methoxy groups -OCH3 is 1. The lowest BCUT2D eigenvalue weighted by atomic mass is 9.86. The van der Waals surface area contributed by atoms with Gasteiger partial charge in [0, 0.05) is 17.7 Å². The van der Waals surface area contributed by atoms with Gasteiger partial charge in [-0.1, -0.05) is 31.4 Å². The SMILES string of the molecule is COc1ccc(C)cc1/C=C/C(=O)N[C@H]1CCCC[C@H]1C. The van der Waals surface area contributed by atoms with Crippen molar-refractivity contribution in [2.24, 2.45) is 5.92 Å². The molecule has 1 aromatic rings. The van der Waals surface area contributed by atoms with Crippen LogP contribution in [0.2, 0.25) is 0 Å².